The Bertz CT molecular complexity index is 591. The monoisotopic (exact) mass is 348 g/mol. The van der Waals surface area contributed by atoms with Crippen LogP contribution in [0.4, 0.5) is 0 Å². The molecule has 1 atom stereocenters. The molecular weight excluding hydrogens is 320 g/mol. The molecule has 6 heteroatoms. The van der Waals surface area contributed by atoms with Gasteiger partial charge in [-0.25, -0.2) is 0 Å². The van der Waals surface area contributed by atoms with E-state index in [9.17, 15) is 14.4 Å². The number of esters is 1. The Morgan fingerprint density at radius 3 is 2.20 bits per heavy atom. The summed E-state index contributed by atoms with van der Waals surface area (Å²) in [6.07, 6.45) is -0.188. The number of benzene rings is 1. The van der Waals surface area contributed by atoms with Crippen LogP contribution in [0, 0.1) is 5.41 Å². The molecule has 0 heterocycles. The minimum Gasteiger partial charge on any atom is -0.463 e. The largest absolute Gasteiger partial charge is 0.463 e. The number of hydrogen-bond donors (Lipinski definition) is 2. The zero-order valence-electron chi connectivity index (χ0n) is 15.6. The molecule has 6 nitrogen and oxygen atoms in total. The van der Waals surface area contributed by atoms with Gasteiger partial charge in [0, 0.05) is 5.41 Å². The van der Waals surface area contributed by atoms with Gasteiger partial charge in [0.2, 0.25) is 11.8 Å². The molecule has 2 N–H and O–H groups in total. The Morgan fingerprint density at radius 1 is 1.08 bits per heavy atom. The van der Waals surface area contributed by atoms with Crippen molar-refractivity contribution < 1.29 is 19.1 Å². The SMILES string of the molecule is CC(C)OC(=O)CC(NC(=O)CNC(=O)C(C)(C)C)c1ccccc1. The van der Waals surface area contributed by atoms with Crippen molar-refractivity contribution in [3.05, 3.63) is 35.9 Å². The number of ether oxygens (including phenoxy) is 1. The second-order valence-electron chi connectivity index (χ2n) is 7.21. The third-order valence-corrected chi connectivity index (χ3v) is 3.37. The molecule has 1 aromatic carbocycles. The van der Waals surface area contributed by atoms with Gasteiger partial charge < -0.3 is 15.4 Å². The second kappa shape index (κ2) is 9.20. The molecule has 2 amide bonds. The Kier molecular flexibility index (Phi) is 7.61. The molecular formula is C19H28N2O4. The van der Waals surface area contributed by atoms with Gasteiger partial charge in [-0.2, -0.15) is 0 Å². The van der Waals surface area contributed by atoms with Crippen LogP contribution >= 0.6 is 0 Å². The van der Waals surface area contributed by atoms with E-state index < -0.39 is 11.5 Å². The second-order valence-corrected chi connectivity index (χ2v) is 7.21. The van der Waals surface area contributed by atoms with Gasteiger partial charge in [0.05, 0.1) is 25.1 Å². The topological polar surface area (TPSA) is 84.5 Å². The van der Waals surface area contributed by atoms with Gasteiger partial charge in [-0.1, -0.05) is 51.1 Å². The van der Waals surface area contributed by atoms with Crippen LogP contribution in [0.2, 0.25) is 0 Å². The lowest BCUT2D eigenvalue weighted by molar-refractivity contribution is -0.148. The predicted molar refractivity (Wildman–Crippen MR) is 95.6 cm³/mol. The van der Waals surface area contributed by atoms with Gasteiger partial charge in [0.1, 0.15) is 0 Å². The van der Waals surface area contributed by atoms with Gasteiger partial charge in [-0.05, 0) is 19.4 Å². The molecule has 1 aromatic rings. The van der Waals surface area contributed by atoms with Crippen molar-refractivity contribution in [1.29, 1.82) is 0 Å². The van der Waals surface area contributed by atoms with Gasteiger partial charge in [-0.15, -0.1) is 0 Å². The molecule has 0 aliphatic heterocycles. The van der Waals surface area contributed by atoms with Crippen LogP contribution in [0.5, 0.6) is 0 Å². The molecule has 0 bridgehead atoms. The first-order valence-corrected chi connectivity index (χ1v) is 8.41. The standard InChI is InChI=1S/C19H28N2O4/c1-13(2)25-17(23)11-15(14-9-7-6-8-10-14)21-16(22)12-20-18(24)19(3,4)5/h6-10,13,15H,11-12H2,1-5H3,(H,20,24)(H,21,22). The molecule has 0 saturated carbocycles. The molecule has 0 radical (unpaired) electrons. The van der Waals surface area contributed by atoms with Crippen LogP contribution in [0.3, 0.4) is 0 Å². The Balaban J connectivity index is 2.72. The minimum absolute atomic E-state index is 0.0289. The van der Waals surface area contributed by atoms with E-state index in [0.717, 1.165) is 5.56 Å². The highest BCUT2D eigenvalue weighted by Crippen LogP contribution is 2.18. The maximum atomic E-state index is 12.2. The van der Waals surface area contributed by atoms with Crippen LogP contribution in [0.25, 0.3) is 0 Å². The van der Waals surface area contributed by atoms with Crippen molar-refractivity contribution in [2.45, 2.75) is 53.2 Å². The average molecular weight is 348 g/mol. The molecule has 0 aliphatic rings. The quantitative estimate of drug-likeness (QED) is 0.741. The van der Waals surface area contributed by atoms with Crippen molar-refractivity contribution in [2.75, 3.05) is 6.54 Å². The summed E-state index contributed by atoms with van der Waals surface area (Å²) in [4.78, 5) is 36.0. The lowest BCUT2D eigenvalue weighted by Gasteiger charge is -2.21. The first kappa shape index (κ1) is 20.7. The lowest BCUT2D eigenvalue weighted by Crippen LogP contribution is -2.43. The number of carbonyl (C=O) groups excluding carboxylic acids is 3. The smallest absolute Gasteiger partial charge is 0.308 e. The first-order chi connectivity index (χ1) is 11.6. The molecule has 0 saturated heterocycles. The average Bonchev–Trinajstić information content (AvgIpc) is 2.51. The summed E-state index contributed by atoms with van der Waals surface area (Å²) in [6.45, 7) is 8.73. The fourth-order valence-electron chi connectivity index (χ4n) is 2.09. The van der Waals surface area contributed by atoms with Gasteiger partial charge in [0.25, 0.3) is 0 Å². The van der Waals surface area contributed by atoms with Crippen molar-refractivity contribution in [2.24, 2.45) is 5.41 Å². The van der Waals surface area contributed by atoms with Gasteiger partial charge in [0.15, 0.2) is 0 Å². The van der Waals surface area contributed by atoms with Crippen molar-refractivity contribution in [1.82, 2.24) is 10.6 Å². The summed E-state index contributed by atoms with van der Waals surface area (Å²) in [5.74, 6) is -0.954. The molecule has 0 aromatic heterocycles. The Morgan fingerprint density at radius 2 is 1.68 bits per heavy atom. The van der Waals surface area contributed by atoms with Crippen LogP contribution in [-0.4, -0.2) is 30.4 Å². The number of amides is 2. The summed E-state index contributed by atoms with van der Waals surface area (Å²) >= 11 is 0. The van der Waals surface area contributed by atoms with E-state index >= 15 is 0 Å². The molecule has 1 unspecified atom stereocenters. The highest BCUT2D eigenvalue weighted by atomic mass is 16.5. The fourth-order valence-corrected chi connectivity index (χ4v) is 2.09. The van der Waals surface area contributed by atoms with Gasteiger partial charge >= 0.3 is 5.97 Å². The first-order valence-electron chi connectivity index (χ1n) is 8.41. The molecule has 0 aliphatic carbocycles. The fraction of sp³-hybridized carbons (Fsp3) is 0.526. The van der Waals surface area contributed by atoms with E-state index in [-0.39, 0.29) is 36.9 Å². The van der Waals surface area contributed by atoms with Crippen molar-refractivity contribution in [3.63, 3.8) is 0 Å². The summed E-state index contributed by atoms with van der Waals surface area (Å²) in [5.41, 5.74) is 0.235. The summed E-state index contributed by atoms with van der Waals surface area (Å²) in [7, 11) is 0. The predicted octanol–water partition coefficient (Wildman–Crippen LogP) is 2.35. The van der Waals surface area contributed by atoms with Crippen LogP contribution in [-0.2, 0) is 19.1 Å². The zero-order chi connectivity index (χ0) is 19.0. The van der Waals surface area contributed by atoms with E-state index in [4.69, 9.17) is 4.74 Å². The molecule has 0 fully saturated rings. The summed E-state index contributed by atoms with van der Waals surface area (Å²) in [6, 6.07) is 8.69. The number of nitrogens with one attached hydrogen (secondary N) is 2. The van der Waals surface area contributed by atoms with E-state index in [0.29, 0.717) is 0 Å². The minimum atomic E-state index is -0.569. The Hall–Kier alpha value is -2.37. The molecule has 0 spiro atoms. The summed E-state index contributed by atoms with van der Waals surface area (Å²) < 4.78 is 5.17. The Labute approximate surface area is 149 Å². The maximum absolute atomic E-state index is 12.2. The lowest BCUT2D eigenvalue weighted by atomic mass is 9.96. The number of carbonyl (C=O) groups is 3. The van der Waals surface area contributed by atoms with E-state index in [1.54, 1.807) is 34.6 Å². The third-order valence-electron chi connectivity index (χ3n) is 3.37. The molecule has 138 valence electrons. The van der Waals surface area contributed by atoms with E-state index in [2.05, 4.69) is 10.6 Å². The van der Waals surface area contributed by atoms with Crippen LogP contribution in [0.15, 0.2) is 30.3 Å². The van der Waals surface area contributed by atoms with Crippen molar-refractivity contribution in [3.8, 4) is 0 Å². The highest BCUT2D eigenvalue weighted by molar-refractivity contribution is 5.87. The maximum Gasteiger partial charge on any atom is 0.308 e. The van der Waals surface area contributed by atoms with Gasteiger partial charge in [-0.3, -0.25) is 14.4 Å². The molecule has 1 rings (SSSR count). The highest BCUT2D eigenvalue weighted by Gasteiger charge is 2.23. The number of rotatable bonds is 7. The normalized spacial score (nSPS) is 12.4. The van der Waals surface area contributed by atoms with Crippen LogP contribution in [0.1, 0.15) is 52.6 Å². The molecule has 25 heavy (non-hydrogen) atoms. The van der Waals surface area contributed by atoms with E-state index in [1.165, 1.54) is 0 Å². The zero-order valence-corrected chi connectivity index (χ0v) is 15.6. The number of hydrogen-bond acceptors (Lipinski definition) is 4. The third kappa shape index (κ3) is 7.83. The van der Waals surface area contributed by atoms with E-state index in [1.807, 2.05) is 30.3 Å². The van der Waals surface area contributed by atoms with Crippen molar-refractivity contribution >= 4 is 17.8 Å². The summed E-state index contributed by atoms with van der Waals surface area (Å²) in [5, 5.41) is 5.39. The van der Waals surface area contributed by atoms with Crippen LogP contribution < -0.4 is 10.6 Å².